The molecule has 166 valence electrons. The number of carbonyl (C=O) groups excluding carboxylic acids is 1. The lowest BCUT2D eigenvalue weighted by Crippen LogP contribution is -2.51. The number of ether oxygens (including phenoxy) is 1. The molecule has 0 aliphatic carbocycles. The largest absolute Gasteiger partial charge is 0.379 e. The van der Waals surface area contributed by atoms with E-state index < -0.39 is 0 Å². The average Bonchev–Trinajstić information content (AvgIpc) is 3.32. The van der Waals surface area contributed by atoms with Crippen molar-refractivity contribution in [3.05, 3.63) is 52.0 Å². The number of aromatic nitrogens is 2. The van der Waals surface area contributed by atoms with Crippen LogP contribution in [-0.4, -0.2) is 59.5 Å². The normalized spacial score (nSPS) is 16.2. The summed E-state index contributed by atoms with van der Waals surface area (Å²) in [5, 5.41) is 8.95. The maximum absolute atomic E-state index is 13.0. The van der Waals surface area contributed by atoms with Gasteiger partial charge in [-0.3, -0.25) is 14.4 Å². The van der Waals surface area contributed by atoms with Gasteiger partial charge in [0.05, 0.1) is 30.3 Å². The molecule has 0 bridgehead atoms. The predicted octanol–water partition coefficient (Wildman–Crippen LogP) is 3.85. The Labute approximate surface area is 188 Å². The number of rotatable bonds is 7. The first-order chi connectivity index (χ1) is 14.9. The summed E-state index contributed by atoms with van der Waals surface area (Å²) in [6.45, 7) is 13.3. The summed E-state index contributed by atoms with van der Waals surface area (Å²) in [5.41, 5.74) is 3.42. The molecule has 4 rings (SSSR count). The number of amides is 1. The number of nitrogens with zero attached hydrogens (tertiary/aromatic N) is 3. The second kappa shape index (κ2) is 9.51. The first-order valence-corrected chi connectivity index (χ1v) is 11.9. The van der Waals surface area contributed by atoms with Gasteiger partial charge >= 0.3 is 0 Å². The van der Waals surface area contributed by atoms with E-state index in [0.29, 0.717) is 25.0 Å². The lowest BCUT2D eigenvalue weighted by atomic mass is 10.0. The quantitative estimate of drug-likeness (QED) is 0.606. The van der Waals surface area contributed by atoms with Gasteiger partial charge < -0.3 is 10.1 Å². The fourth-order valence-corrected chi connectivity index (χ4v) is 5.26. The van der Waals surface area contributed by atoms with Crippen LogP contribution >= 0.6 is 11.3 Å². The molecule has 0 radical (unpaired) electrons. The second-order valence-electron chi connectivity index (χ2n) is 8.73. The Morgan fingerprint density at radius 3 is 2.58 bits per heavy atom. The molecule has 1 saturated heterocycles. The second-order valence-corrected chi connectivity index (χ2v) is 9.76. The SMILES string of the molecule is Cc1ccc(Cn2nc(C)c3cc(C(=O)NC[C@H](C(C)C)N4CCOCC4)sc32)cc1. The first-order valence-electron chi connectivity index (χ1n) is 11.0. The third-order valence-corrected chi connectivity index (χ3v) is 7.19. The molecule has 6 nitrogen and oxygen atoms in total. The van der Waals surface area contributed by atoms with Gasteiger partial charge in [0, 0.05) is 31.1 Å². The molecule has 3 aromatic rings. The Bertz CT molecular complexity index is 1030. The molecule has 0 unspecified atom stereocenters. The standard InChI is InChI=1S/C24H32N4O2S/c1-16(2)21(27-9-11-30-12-10-27)14-25-23(29)22-13-20-18(4)26-28(24(20)31-22)15-19-7-5-17(3)6-8-19/h5-8,13,16,21H,9-12,14-15H2,1-4H3,(H,25,29)/t21-/m1/s1. The number of thiophene rings is 1. The fraction of sp³-hybridized carbons (Fsp3) is 0.500. The molecule has 1 aromatic carbocycles. The smallest absolute Gasteiger partial charge is 0.261 e. The van der Waals surface area contributed by atoms with E-state index in [1.54, 1.807) is 0 Å². The highest BCUT2D eigenvalue weighted by Crippen LogP contribution is 2.29. The van der Waals surface area contributed by atoms with Crippen molar-refractivity contribution in [2.45, 2.75) is 40.3 Å². The molecule has 1 aliphatic heterocycles. The number of morpholine rings is 1. The van der Waals surface area contributed by atoms with Crippen LogP contribution in [0.4, 0.5) is 0 Å². The summed E-state index contributed by atoms with van der Waals surface area (Å²) in [6, 6.07) is 10.8. The molecule has 31 heavy (non-hydrogen) atoms. The van der Waals surface area contributed by atoms with Crippen molar-refractivity contribution < 1.29 is 9.53 Å². The van der Waals surface area contributed by atoms with Gasteiger partial charge in [-0.25, -0.2) is 0 Å². The van der Waals surface area contributed by atoms with E-state index in [1.807, 2.05) is 17.7 Å². The minimum absolute atomic E-state index is 0.00129. The zero-order valence-corrected chi connectivity index (χ0v) is 19.7. The molecule has 0 saturated carbocycles. The zero-order chi connectivity index (χ0) is 22.0. The highest BCUT2D eigenvalue weighted by Gasteiger charge is 2.25. The van der Waals surface area contributed by atoms with Crippen LogP contribution in [0.3, 0.4) is 0 Å². The topological polar surface area (TPSA) is 59.4 Å². The van der Waals surface area contributed by atoms with Crippen molar-refractivity contribution in [3.63, 3.8) is 0 Å². The monoisotopic (exact) mass is 440 g/mol. The fourth-order valence-electron chi connectivity index (χ4n) is 4.18. The predicted molar refractivity (Wildman–Crippen MR) is 126 cm³/mol. The summed E-state index contributed by atoms with van der Waals surface area (Å²) in [4.78, 5) is 17.2. The zero-order valence-electron chi connectivity index (χ0n) is 18.9. The highest BCUT2D eigenvalue weighted by atomic mass is 32.1. The number of aryl methyl sites for hydroxylation is 2. The van der Waals surface area contributed by atoms with Crippen LogP contribution in [0.25, 0.3) is 10.2 Å². The molecule has 1 atom stereocenters. The molecule has 1 fully saturated rings. The molecule has 0 spiro atoms. The van der Waals surface area contributed by atoms with E-state index in [1.165, 1.54) is 22.5 Å². The van der Waals surface area contributed by atoms with E-state index in [2.05, 4.69) is 55.3 Å². The van der Waals surface area contributed by atoms with Gasteiger partial charge in [0.25, 0.3) is 5.91 Å². The van der Waals surface area contributed by atoms with Crippen LogP contribution in [0, 0.1) is 19.8 Å². The summed E-state index contributed by atoms with van der Waals surface area (Å²) < 4.78 is 7.50. The van der Waals surface area contributed by atoms with E-state index >= 15 is 0 Å². The number of benzene rings is 1. The van der Waals surface area contributed by atoms with E-state index in [-0.39, 0.29) is 5.91 Å². The van der Waals surface area contributed by atoms with Gasteiger partial charge in [-0.1, -0.05) is 43.7 Å². The number of hydrogen-bond acceptors (Lipinski definition) is 5. The summed E-state index contributed by atoms with van der Waals surface area (Å²) in [7, 11) is 0. The minimum atomic E-state index is 0.00129. The molecule has 2 aromatic heterocycles. The number of nitrogens with one attached hydrogen (secondary N) is 1. The van der Waals surface area contributed by atoms with E-state index in [0.717, 1.165) is 47.1 Å². The Morgan fingerprint density at radius 1 is 1.19 bits per heavy atom. The summed E-state index contributed by atoms with van der Waals surface area (Å²) in [6.07, 6.45) is 0. The molecule has 1 N–H and O–H groups in total. The van der Waals surface area contributed by atoms with Crippen molar-refractivity contribution in [1.82, 2.24) is 20.0 Å². The first kappa shape index (κ1) is 22.0. The Morgan fingerprint density at radius 2 is 1.90 bits per heavy atom. The summed E-state index contributed by atoms with van der Waals surface area (Å²) in [5.74, 6) is 0.465. The molecule has 1 aliphatic rings. The lowest BCUT2D eigenvalue weighted by molar-refractivity contribution is 0.00674. The van der Waals surface area contributed by atoms with Gasteiger partial charge in [-0.15, -0.1) is 11.3 Å². The molecule has 1 amide bonds. The molecule has 3 heterocycles. The van der Waals surface area contributed by atoms with Crippen molar-refractivity contribution >= 4 is 27.5 Å². The van der Waals surface area contributed by atoms with E-state index in [9.17, 15) is 4.79 Å². The Balaban J connectivity index is 1.47. The van der Waals surface area contributed by atoms with Crippen LogP contribution in [0.15, 0.2) is 30.3 Å². The van der Waals surface area contributed by atoms with Crippen LogP contribution in [-0.2, 0) is 11.3 Å². The van der Waals surface area contributed by atoms with E-state index in [4.69, 9.17) is 9.84 Å². The van der Waals surface area contributed by atoms with Crippen LogP contribution in [0.2, 0.25) is 0 Å². The van der Waals surface area contributed by atoms with Crippen molar-refractivity contribution in [2.24, 2.45) is 5.92 Å². The minimum Gasteiger partial charge on any atom is -0.379 e. The molecular formula is C24H32N4O2S. The van der Waals surface area contributed by atoms with Crippen molar-refractivity contribution in [2.75, 3.05) is 32.8 Å². The Hall–Kier alpha value is -2.22. The highest BCUT2D eigenvalue weighted by molar-refractivity contribution is 7.20. The maximum Gasteiger partial charge on any atom is 0.261 e. The van der Waals surface area contributed by atoms with Crippen LogP contribution in [0.1, 0.15) is 40.3 Å². The van der Waals surface area contributed by atoms with Crippen LogP contribution in [0.5, 0.6) is 0 Å². The lowest BCUT2D eigenvalue weighted by Gasteiger charge is -2.36. The number of hydrogen-bond donors (Lipinski definition) is 1. The van der Waals surface area contributed by atoms with Gasteiger partial charge in [0.1, 0.15) is 4.83 Å². The van der Waals surface area contributed by atoms with Crippen LogP contribution < -0.4 is 5.32 Å². The summed E-state index contributed by atoms with van der Waals surface area (Å²) >= 11 is 1.53. The molecular weight excluding hydrogens is 408 g/mol. The van der Waals surface area contributed by atoms with Crippen molar-refractivity contribution in [3.8, 4) is 0 Å². The van der Waals surface area contributed by atoms with Gasteiger partial charge in [0.2, 0.25) is 0 Å². The Kier molecular flexibility index (Phi) is 6.74. The number of fused-ring (bicyclic) bond motifs is 1. The third-order valence-electron chi connectivity index (χ3n) is 6.04. The maximum atomic E-state index is 13.0. The molecule has 7 heteroatoms. The average molecular weight is 441 g/mol. The van der Waals surface area contributed by atoms with Crippen molar-refractivity contribution in [1.29, 1.82) is 0 Å². The van der Waals surface area contributed by atoms with Gasteiger partial charge in [0.15, 0.2) is 0 Å². The van der Waals surface area contributed by atoms with Gasteiger partial charge in [-0.05, 0) is 31.4 Å². The third kappa shape index (κ3) is 5.00. The van der Waals surface area contributed by atoms with Gasteiger partial charge in [-0.2, -0.15) is 5.10 Å². The number of carbonyl (C=O) groups is 1.